The molecule has 1 fully saturated rings. The third-order valence-corrected chi connectivity index (χ3v) is 3.35. The second-order valence-corrected chi connectivity index (χ2v) is 4.64. The van der Waals surface area contributed by atoms with E-state index in [1.54, 1.807) is 29.2 Å². The molecule has 1 aliphatic rings. The summed E-state index contributed by atoms with van der Waals surface area (Å²) < 4.78 is 0. The Morgan fingerprint density at radius 3 is 2.79 bits per heavy atom. The van der Waals surface area contributed by atoms with E-state index in [1.165, 1.54) is 0 Å². The molecule has 0 bridgehead atoms. The number of hydrogen-bond acceptors (Lipinski definition) is 4. The van der Waals surface area contributed by atoms with E-state index in [4.69, 9.17) is 0 Å². The van der Waals surface area contributed by atoms with Gasteiger partial charge in [-0.15, -0.1) is 0 Å². The number of aliphatic hydroxyl groups excluding tert-OH is 1. The van der Waals surface area contributed by atoms with E-state index in [0.717, 1.165) is 0 Å². The topological polar surface area (TPSA) is 86.3 Å². The summed E-state index contributed by atoms with van der Waals surface area (Å²) in [5.41, 5.74) is -0.0853. The zero-order valence-corrected chi connectivity index (χ0v) is 10.2. The summed E-state index contributed by atoms with van der Waals surface area (Å²) in [6.45, 7) is 0.823. The first kappa shape index (κ1) is 11.9. The summed E-state index contributed by atoms with van der Waals surface area (Å²) in [5, 5.41) is 16.7. The number of hydrogen-bond donors (Lipinski definition) is 2. The van der Waals surface area contributed by atoms with Crippen molar-refractivity contribution in [1.29, 1.82) is 0 Å². The average Bonchev–Trinajstić information content (AvgIpc) is 2.86. The van der Waals surface area contributed by atoms with Crippen LogP contribution in [0.2, 0.25) is 0 Å². The van der Waals surface area contributed by atoms with E-state index >= 15 is 0 Å². The maximum absolute atomic E-state index is 12.3. The smallest absolute Gasteiger partial charge is 0.275 e. The highest BCUT2D eigenvalue weighted by Crippen LogP contribution is 2.17. The zero-order valence-electron chi connectivity index (χ0n) is 10.2. The molecule has 19 heavy (non-hydrogen) atoms. The van der Waals surface area contributed by atoms with Crippen molar-refractivity contribution in [3.8, 4) is 0 Å². The fourth-order valence-corrected chi connectivity index (χ4v) is 2.35. The van der Waals surface area contributed by atoms with Crippen molar-refractivity contribution in [1.82, 2.24) is 15.1 Å². The summed E-state index contributed by atoms with van der Waals surface area (Å²) in [5.74, 6) is -0.260. The van der Waals surface area contributed by atoms with E-state index < -0.39 is 6.10 Å². The van der Waals surface area contributed by atoms with E-state index in [-0.39, 0.29) is 17.2 Å². The summed E-state index contributed by atoms with van der Waals surface area (Å²) in [6, 6.07) is 6.87. The van der Waals surface area contributed by atoms with Crippen molar-refractivity contribution in [3.63, 3.8) is 0 Å². The van der Waals surface area contributed by atoms with Crippen molar-refractivity contribution < 1.29 is 9.90 Å². The molecule has 0 saturated carbocycles. The number of β-amino-alcohol motifs (C(OH)–C–C–N with tert-alkyl or cyclic N) is 1. The van der Waals surface area contributed by atoms with Gasteiger partial charge in [0.2, 0.25) is 0 Å². The van der Waals surface area contributed by atoms with Gasteiger partial charge in [0.15, 0.2) is 5.69 Å². The number of carbonyl (C=O) groups is 1. The lowest BCUT2D eigenvalue weighted by Gasteiger charge is -2.15. The van der Waals surface area contributed by atoms with Crippen LogP contribution in [0.3, 0.4) is 0 Å². The van der Waals surface area contributed by atoms with Gasteiger partial charge in [-0.1, -0.05) is 18.2 Å². The molecule has 1 atom stereocenters. The molecule has 1 unspecified atom stereocenters. The van der Waals surface area contributed by atoms with Crippen LogP contribution in [0.1, 0.15) is 16.9 Å². The lowest BCUT2D eigenvalue weighted by atomic mass is 10.1. The Kier molecular flexibility index (Phi) is 2.79. The molecular formula is C13H13N3O3. The summed E-state index contributed by atoms with van der Waals surface area (Å²) in [7, 11) is 0. The second-order valence-electron chi connectivity index (χ2n) is 4.64. The Hall–Kier alpha value is -2.21. The molecule has 1 amide bonds. The standard InChI is InChI=1S/C13H13N3O3/c17-8-5-6-16(7-8)13(19)11-9-3-1-2-4-10(9)12(18)15-14-11/h1-4,8,17H,5-7H2,(H,15,18). The normalized spacial score (nSPS) is 19.0. The van der Waals surface area contributed by atoms with Crippen molar-refractivity contribution in [2.75, 3.05) is 13.1 Å². The van der Waals surface area contributed by atoms with Crippen molar-refractivity contribution in [2.24, 2.45) is 0 Å². The van der Waals surface area contributed by atoms with Gasteiger partial charge in [0.05, 0.1) is 11.5 Å². The number of fused-ring (bicyclic) bond motifs is 1. The molecule has 1 aliphatic heterocycles. The van der Waals surface area contributed by atoms with Gasteiger partial charge in [-0.2, -0.15) is 5.10 Å². The molecule has 1 aromatic heterocycles. The minimum absolute atomic E-state index is 0.226. The highest BCUT2D eigenvalue weighted by Gasteiger charge is 2.27. The highest BCUT2D eigenvalue weighted by molar-refractivity contribution is 6.04. The van der Waals surface area contributed by atoms with Crippen LogP contribution in [0.25, 0.3) is 10.8 Å². The van der Waals surface area contributed by atoms with Gasteiger partial charge in [0.25, 0.3) is 11.5 Å². The Balaban J connectivity index is 2.08. The third-order valence-electron chi connectivity index (χ3n) is 3.35. The van der Waals surface area contributed by atoms with Crippen molar-refractivity contribution in [2.45, 2.75) is 12.5 Å². The zero-order chi connectivity index (χ0) is 13.4. The Morgan fingerprint density at radius 1 is 1.37 bits per heavy atom. The number of likely N-dealkylation sites (tertiary alicyclic amines) is 1. The predicted molar refractivity (Wildman–Crippen MR) is 68.9 cm³/mol. The minimum Gasteiger partial charge on any atom is -0.391 e. The Morgan fingerprint density at radius 2 is 2.11 bits per heavy atom. The van der Waals surface area contributed by atoms with Gasteiger partial charge in [-0.05, 0) is 12.5 Å². The number of H-pyrrole nitrogens is 1. The second kappa shape index (κ2) is 4.47. The SMILES string of the molecule is O=C(c1n[nH]c(=O)c2ccccc12)N1CCC(O)C1. The third kappa shape index (κ3) is 2.00. The monoisotopic (exact) mass is 259 g/mol. The van der Waals surface area contributed by atoms with Gasteiger partial charge in [-0.25, -0.2) is 5.10 Å². The molecule has 6 heteroatoms. The van der Waals surface area contributed by atoms with E-state index in [9.17, 15) is 14.7 Å². The molecule has 2 heterocycles. The number of aliphatic hydroxyl groups is 1. The van der Waals surface area contributed by atoms with Crippen LogP contribution in [-0.2, 0) is 0 Å². The minimum atomic E-state index is -0.474. The molecule has 0 spiro atoms. The van der Waals surface area contributed by atoms with Crippen LogP contribution in [0.5, 0.6) is 0 Å². The van der Waals surface area contributed by atoms with Crippen LogP contribution in [0.4, 0.5) is 0 Å². The number of amides is 1. The Labute approximate surface area is 108 Å². The number of benzene rings is 1. The average molecular weight is 259 g/mol. The van der Waals surface area contributed by atoms with Crippen LogP contribution < -0.4 is 5.56 Å². The number of aromatic amines is 1. The maximum Gasteiger partial charge on any atom is 0.275 e. The molecule has 2 N–H and O–H groups in total. The molecule has 6 nitrogen and oxygen atoms in total. The van der Waals surface area contributed by atoms with Crippen LogP contribution in [-0.4, -0.2) is 45.3 Å². The number of nitrogens with one attached hydrogen (secondary N) is 1. The van der Waals surface area contributed by atoms with E-state index in [0.29, 0.717) is 30.3 Å². The van der Waals surface area contributed by atoms with E-state index in [2.05, 4.69) is 10.2 Å². The first-order valence-corrected chi connectivity index (χ1v) is 6.11. The molecule has 1 aromatic carbocycles. The number of nitrogens with zero attached hydrogens (tertiary/aromatic N) is 2. The molecule has 0 aliphatic carbocycles. The van der Waals surface area contributed by atoms with Crippen LogP contribution in [0, 0.1) is 0 Å². The lowest BCUT2D eigenvalue weighted by molar-refractivity contribution is 0.0760. The first-order valence-electron chi connectivity index (χ1n) is 6.11. The maximum atomic E-state index is 12.3. The van der Waals surface area contributed by atoms with Crippen LogP contribution >= 0.6 is 0 Å². The predicted octanol–water partition coefficient (Wildman–Crippen LogP) is 0.130. The number of carbonyl (C=O) groups excluding carboxylic acids is 1. The molecule has 1 saturated heterocycles. The fraction of sp³-hybridized carbons (Fsp3) is 0.308. The summed E-state index contributed by atoms with van der Waals surface area (Å²) >= 11 is 0. The largest absolute Gasteiger partial charge is 0.391 e. The van der Waals surface area contributed by atoms with E-state index in [1.807, 2.05) is 0 Å². The highest BCUT2D eigenvalue weighted by atomic mass is 16.3. The summed E-state index contributed by atoms with van der Waals surface area (Å²) in [4.78, 5) is 25.5. The van der Waals surface area contributed by atoms with Gasteiger partial charge in [-0.3, -0.25) is 9.59 Å². The molecule has 98 valence electrons. The lowest BCUT2D eigenvalue weighted by Crippen LogP contribution is -2.31. The summed E-state index contributed by atoms with van der Waals surface area (Å²) in [6.07, 6.45) is 0.102. The van der Waals surface area contributed by atoms with Crippen LogP contribution in [0.15, 0.2) is 29.1 Å². The van der Waals surface area contributed by atoms with Gasteiger partial charge in [0, 0.05) is 18.5 Å². The first-order chi connectivity index (χ1) is 9.16. The molecule has 3 rings (SSSR count). The Bertz CT molecular complexity index is 695. The van der Waals surface area contributed by atoms with Crippen molar-refractivity contribution in [3.05, 3.63) is 40.3 Å². The quantitative estimate of drug-likeness (QED) is 0.762. The molecule has 0 radical (unpaired) electrons. The molecular weight excluding hydrogens is 246 g/mol. The number of aromatic nitrogens is 2. The number of rotatable bonds is 1. The van der Waals surface area contributed by atoms with Crippen molar-refractivity contribution >= 4 is 16.7 Å². The molecule has 2 aromatic rings. The fourth-order valence-electron chi connectivity index (χ4n) is 2.35. The van der Waals surface area contributed by atoms with Gasteiger partial charge >= 0.3 is 0 Å². The van der Waals surface area contributed by atoms with Gasteiger partial charge in [0.1, 0.15) is 0 Å². The van der Waals surface area contributed by atoms with Gasteiger partial charge < -0.3 is 10.0 Å².